The van der Waals surface area contributed by atoms with Crippen LogP contribution in [0.4, 0.5) is 0 Å². The van der Waals surface area contributed by atoms with Crippen molar-refractivity contribution in [2.45, 2.75) is 27.7 Å². The van der Waals surface area contributed by atoms with Gasteiger partial charge >= 0.3 is 0 Å². The fraction of sp³-hybridized carbons (Fsp3) is 0.0645. The van der Waals surface area contributed by atoms with Crippen molar-refractivity contribution in [2.75, 3.05) is 0 Å². The van der Waals surface area contributed by atoms with Gasteiger partial charge in [-0.3, -0.25) is 0 Å². The van der Waals surface area contributed by atoms with Crippen molar-refractivity contribution in [1.82, 2.24) is 0 Å². The van der Waals surface area contributed by atoms with Crippen molar-refractivity contribution in [3.63, 3.8) is 0 Å². The second-order valence-electron chi connectivity index (χ2n) is 17.9. The van der Waals surface area contributed by atoms with Gasteiger partial charge in [0.05, 0.1) is 0 Å². The molecular weight excluding hydrogens is 745 g/mol. The summed E-state index contributed by atoms with van der Waals surface area (Å²) in [5, 5.41) is 21.1. The van der Waals surface area contributed by atoms with Crippen LogP contribution in [0.1, 0.15) is 22.3 Å². The first-order valence-electron chi connectivity index (χ1n) is 21.9. The molecule has 0 heteroatoms. The minimum absolute atomic E-state index is 1.24. The van der Waals surface area contributed by atoms with Gasteiger partial charge in [0.15, 0.2) is 0 Å². The Morgan fingerprint density at radius 3 is 0.935 bits per heavy atom. The minimum Gasteiger partial charge on any atom is -0.0622 e. The van der Waals surface area contributed by atoms with Gasteiger partial charge in [0.25, 0.3) is 0 Å². The standard InChI is InChI=1S/C62H42/c1-35-15-17-37(3)49(25-35)41-19-21-45-51(27-41)57-31-43(39-11-7-5-8-12-39)29-55-47-23-24-48-54(53(47)33-59(45)61(55)57)34-60-46-22-20-42(50-26-36(2)16-18-38(50)4)28-52(46)58-32-44(30-56(48)62(58)60)40-13-9-6-10-14-40/h5-34H,1-4H3. The molecule has 0 bridgehead atoms. The molecule has 0 amide bonds. The molecule has 0 heterocycles. The molecule has 13 aromatic rings. The van der Waals surface area contributed by atoms with Gasteiger partial charge in [-0.25, -0.2) is 0 Å². The maximum atomic E-state index is 2.52. The quantitative estimate of drug-likeness (QED) is 0.156. The first kappa shape index (κ1) is 35.2. The summed E-state index contributed by atoms with van der Waals surface area (Å²) in [6.45, 7) is 8.84. The van der Waals surface area contributed by atoms with Crippen molar-refractivity contribution >= 4 is 86.2 Å². The van der Waals surface area contributed by atoms with Crippen LogP contribution in [0.15, 0.2) is 182 Å². The summed E-state index contributed by atoms with van der Waals surface area (Å²) in [7, 11) is 0. The van der Waals surface area contributed by atoms with E-state index in [1.54, 1.807) is 0 Å². The molecule has 0 saturated heterocycles. The van der Waals surface area contributed by atoms with E-state index in [4.69, 9.17) is 0 Å². The zero-order valence-corrected chi connectivity index (χ0v) is 35.3. The summed E-state index contributed by atoms with van der Waals surface area (Å²) in [6, 6.07) is 69.5. The fourth-order valence-corrected chi connectivity index (χ4v) is 11.0. The fourth-order valence-electron chi connectivity index (χ4n) is 11.0. The van der Waals surface area contributed by atoms with Gasteiger partial charge in [-0.05, 0) is 218 Å². The van der Waals surface area contributed by atoms with Crippen LogP contribution in [0.2, 0.25) is 0 Å². The molecule has 0 atom stereocenters. The summed E-state index contributed by atoms with van der Waals surface area (Å²) in [6.07, 6.45) is 0. The van der Waals surface area contributed by atoms with E-state index in [1.807, 2.05) is 0 Å². The molecule has 0 aliphatic heterocycles. The summed E-state index contributed by atoms with van der Waals surface area (Å²) in [5.41, 5.74) is 15.3. The monoisotopic (exact) mass is 786 g/mol. The lowest BCUT2D eigenvalue weighted by Crippen LogP contribution is -1.86. The maximum absolute atomic E-state index is 2.52. The van der Waals surface area contributed by atoms with Crippen molar-refractivity contribution < 1.29 is 0 Å². The summed E-state index contributed by atoms with van der Waals surface area (Å²) < 4.78 is 0. The smallest absolute Gasteiger partial charge is 0.00195 e. The molecule has 0 N–H and O–H groups in total. The highest BCUT2D eigenvalue weighted by Gasteiger charge is 2.22. The first-order chi connectivity index (χ1) is 30.4. The van der Waals surface area contributed by atoms with Gasteiger partial charge in [0.1, 0.15) is 0 Å². The Balaban J connectivity index is 1.17. The summed E-state index contributed by atoms with van der Waals surface area (Å²) in [4.78, 5) is 0. The average Bonchev–Trinajstić information content (AvgIpc) is 3.80. The minimum atomic E-state index is 1.24. The van der Waals surface area contributed by atoms with Gasteiger partial charge in [-0.1, -0.05) is 145 Å². The molecule has 0 nitrogen and oxygen atoms in total. The summed E-state index contributed by atoms with van der Waals surface area (Å²) in [5.74, 6) is 0. The van der Waals surface area contributed by atoms with Crippen molar-refractivity contribution in [3.05, 3.63) is 204 Å². The third-order valence-corrected chi connectivity index (χ3v) is 14.1. The third kappa shape index (κ3) is 5.07. The van der Waals surface area contributed by atoms with E-state index in [0.29, 0.717) is 0 Å². The lowest BCUT2D eigenvalue weighted by Gasteiger charge is -2.14. The number of aryl methyl sites for hydroxylation is 4. The second kappa shape index (κ2) is 13.0. The Morgan fingerprint density at radius 2 is 0.532 bits per heavy atom. The van der Waals surface area contributed by atoms with Gasteiger partial charge in [-0.15, -0.1) is 0 Å². The molecular formula is C62H42. The lowest BCUT2D eigenvalue weighted by molar-refractivity contribution is 1.39. The molecule has 0 aliphatic rings. The zero-order valence-electron chi connectivity index (χ0n) is 35.3. The van der Waals surface area contributed by atoms with Gasteiger partial charge in [0, 0.05) is 0 Å². The number of rotatable bonds is 4. The Hall–Kier alpha value is -7.54. The average molecular weight is 787 g/mol. The molecule has 0 unspecified atom stereocenters. The van der Waals surface area contributed by atoms with E-state index >= 15 is 0 Å². The van der Waals surface area contributed by atoms with Crippen LogP contribution in [0.5, 0.6) is 0 Å². The molecule has 0 spiro atoms. The number of hydrogen-bond donors (Lipinski definition) is 0. The first-order valence-corrected chi connectivity index (χ1v) is 21.9. The topological polar surface area (TPSA) is 0 Å². The van der Waals surface area contributed by atoms with E-state index in [9.17, 15) is 0 Å². The molecule has 0 fully saturated rings. The number of benzene rings is 11. The SMILES string of the molecule is Cc1ccc(C)c(-c2ccc3c(c2)c2cc(-c4ccccc4)cc4c5ccc6c(cc7c8ccc(-c9cc(C)ccc9C)cc8c8cc(-c9ccccc9)cc6c87)c5cc3c42)c1. The molecule has 0 aliphatic carbocycles. The Labute approximate surface area is 361 Å². The maximum Gasteiger partial charge on any atom is -0.00195 e. The van der Waals surface area contributed by atoms with E-state index < -0.39 is 0 Å². The van der Waals surface area contributed by atoms with Gasteiger partial charge in [-0.2, -0.15) is 0 Å². The van der Waals surface area contributed by atoms with Crippen molar-refractivity contribution in [3.8, 4) is 44.5 Å². The van der Waals surface area contributed by atoms with Gasteiger partial charge < -0.3 is 0 Å². The van der Waals surface area contributed by atoms with E-state index in [1.165, 1.54) is 153 Å². The zero-order chi connectivity index (χ0) is 41.4. The van der Waals surface area contributed by atoms with Crippen molar-refractivity contribution in [1.29, 1.82) is 0 Å². The predicted octanol–water partition coefficient (Wildman–Crippen LogP) is 17.7. The highest BCUT2D eigenvalue weighted by Crippen LogP contribution is 2.50. The van der Waals surface area contributed by atoms with Crippen LogP contribution >= 0.6 is 0 Å². The van der Waals surface area contributed by atoms with Crippen LogP contribution in [0.3, 0.4) is 0 Å². The van der Waals surface area contributed by atoms with Crippen LogP contribution in [0.25, 0.3) is 131 Å². The van der Waals surface area contributed by atoms with E-state index in [2.05, 4.69) is 210 Å². The Bertz CT molecular complexity index is 3720. The second-order valence-corrected chi connectivity index (χ2v) is 17.9. The summed E-state index contributed by atoms with van der Waals surface area (Å²) >= 11 is 0. The lowest BCUT2D eigenvalue weighted by atomic mass is 9.89. The van der Waals surface area contributed by atoms with Gasteiger partial charge in [0.2, 0.25) is 0 Å². The van der Waals surface area contributed by atoms with Crippen molar-refractivity contribution in [2.24, 2.45) is 0 Å². The molecule has 290 valence electrons. The van der Waals surface area contributed by atoms with Crippen LogP contribution in [-0.2, 0) is 0 Å². The highest BCUT2D eigenvalue weighted by molar-refractivity contribution is 6.41. The predicted molar refractivity (Wildman–Crippen MR) is 270 cm³/mol. The molecule has 13 aromatic carbocycles. The Kier molecular flexibility index (Phi) is 7.38. The normalized spacial score (nSPS) is 12.2. The van der Waals surface area contributed by atoms with E-state index in [-0.39, 0.29) is 0 Å². The van der Waals surface area contributed by atoms with Crippen LogP contribution in [0, 0.1) is 27.7 Å². The molecule has 0 saturated carbocycles. The third-order valence-electron chi connectivity index (χ3n) is 14.1. The number of hydrogen-bond acceptors (Lipinski definition) is 0. The van der Waals surface area contributed by atoms with E-state index in [0.717, 1.165) is 0 Å². The molecule has 0 radical (unpaired) electrons. The van der Waals surface area contributed by atoms with Crippen LogP contribution in [-0.4, -0.2) is 0 Å². The number of fused-ring (bicyclic) bond motifs is 11. The highest BCUT2D eigenvalue weighted by atomic mass is 14.2. The molecule has 0 aromatic heterocycles. The molecule has 13 rings (SSSR count). The van der Waals surface area contributed by atoms with Crippen LogP contribution < -0.4 is 0 Å². The Morgan fingerprint density at radius 1 is 0.210 bits per heavy atom. The largest absolute Gasteiger partial charge is 0.0622 e. The molecule has 62 heavy (non-hydrogen) atoms.